The van der Waals surface area contributed by atoms with Crippen LogP contribution in [0, 0.1) is 0 Å². The van der Waals surface area contributed by atoms with Crippen molar-refractivity contribution in [3.8, 4) is 0 Å². The topological polar surface area (TPSA) is 69.4 Å². The fourth-order valence-corrected chi connectivity index (χ4v) is 4.52. The monoisotopic (exact) mass is 459 g/mol. The molecule has 0 saturated carbocycles. The first kappa shape index (κ1) is 22.1. The van der Waals surface area contributed by atoms with Crippen molar-refractivity contribution in [3.63, 3.8) is 0 Å². The lowest BCUT2D eigenvalue weighted by atomic mass is 9.94. The third kappa shape index (κ3) is 4.66. The quantitative estimate of drug-likeness (QED) is 0.596. The number of aromatic nitrogens is 3. The molecule has 2 aliphatic rings. The minimum atomic E-state index is -4.35. The molecule has 2 aliphatic heterocycles. The summed E-state index contributed by atoms with van der Waals surface area (Å²) in [5.74, 6) is -0.902. The van der Waals surface area contributed by atoms with Crippen molar-refractivity contribution >= 4 is 0 Å². The Morgan fingerprint density at radius 1 is 1.03 bits per heavy atom. The van der Waals surface area contributed by atoms with E-state index in [-0.39, 0.29) is 0 Å². The van der Waals surface area contributed by atoms with E-state index in [1.165, 1.54) is 12.1 Å². The SMILES string of the molecule is O[C@H]1CC[C@]2(CCc3ccc(C(F)(F)F)cc3)O[C@@H]1[C@H](c1cn(Cc3ccccc3)nn1)O2. The smallest absolute Gasteiger partial charge is 0.390 e. The largest absolute Gasteiger partial charge is 0.416 e. The van der Waals surface area contributed by atoms with E-state index < -0.39 is 35.8 Å². The molecule has 9 heteroatoms. The Morgan fingerprint density at radius 2 is 1.79 bits per heavy atom. The first-order valence-electron chi connectivity index (χ1n) is 11.0. The van der Waals surface area contributed by atoms with Gasteiger partial charge >= 0.3 is 6.18 Å². The summed E-state index contributed by atoms with van der Waals surface area (Å²) in [6.07, 6.45) is -2.37. The zero-order chi connectivity index (χ0) is 23.1. The molecule has 2 saturated heterocycles. The van der Waals surface area contributed by atoms with Crippen LogP contribution < -0.4 is 0 Å². The van der Waals surface area contributed by atoms with Crippen molar-refractivity contribution in [2.75, 3.05) is 0 Å². The van der Waals surface area contributed by atoms with Crippen LogP contribution in [0.4, 0.5) is 13.2 Å². The molecule has 33 heavy (non-hydrogen) atoms. The van der Waals surface area contributed by atoms with Gasteiger partial charge in [0, 0.05) is 12.8 Å². The number of alkyl halides is 3. The number of ether oxygens (including phenoxy) is 2. The van der Waals surface area contributed by atoms with Crippen molar-refractivity contribution in [1.29, 1.82) is 0 Å². The van der Waals surface area contributed by atoms with Gasteiger partial charge in [-0.05, 0) is 36.1 Å². The molecule has 0 amide bonds. The summed E-state index contributed by atoms with van der Waals surface area (Å²) in [4.78, 5) is 0. The summed E-state index contributed by atoms with van der Waals surface area (Å²) in [6, 6.07) is 15.0. The average Bonchev–Trinajstić information content (AvgIpc) is 3.39. The summed E-state index contributed by atoms with van der Waals surface area (Å²) < 4.78 is 52.6. The maximum Gasteiger partial charge on any atom is 0.416 e. The van der Waals surface area contributed by atoms with Crippen LogP contribution >= 0.6 is 0 Å². The van der Waals surface area contributed by atoms with Crippen LogP contribution in [0.2, 0.25) is 0 Å². The van der Waals surface area contributed by atoms with Crippen molar-refractivity contribution < 1.29 is 27.8 Å². The number of hydrogen-bond acceptors (Lipinski definition) is 5. The van der Waals surface area contributed by atoms with Gasteiger partial charge in [0.2, 0.25) is 0 Å². The van der Waals surface area contributed by atoms with Crippen LogP contribution in [0.3, 0.4) is 0 Å². The Kier molecular flexibility index (Phi) is 5.72. The lowest BCUT2D eigenvalue weighted by Crippen LogP contribution is -2.41. The lowest BCUT2D eigenvalue weighted by Gasteiger charge is -2.33. The first-order chi connectivity index (χ1) is 15.8. The van der Waals surface area contributed by atoms with Crippen LogP contribution in [-0.2, 0) is 28.6 Å². The number of hydrogen-bond donors (Lipinski definition) is 1. The number of aliphatic hydroxyl groups excluding tert-OH is 1. The zero-order valence-corrected chi connectivity index (χ0v) is 17.8. The van der Waals surface area contributed by atoms with Crippen molar-refractivity contribution in [2.24, 2.45) is 0 Å². The molecule has 0 unspecified atom stereocenters. The number of benzene rings is 2. The molecule has 5 rings (SSSR count). The number of fused-ring (bicyclic) bond motifs is 2. The van der Waals surface area contributed by atoms with Crippen LogP contribution in [0.25, 0.3) is 0 Å². The predicted octanol–water partition coefficient (Wildman–Crippen LogP) is 4.29. The fourth-order valence-electron chi connectivity index (χ4n) is 4.52. The van der Waals surface area contributed by atoms with Gasteiger partial charge in [0.15, 0.2) is 5.79 Å². The molecule has 3 aromatic rings. The van der Waals surface area contributed by atoms with Crippen molar-refractivity contribution in [1.82, 2.24) is 15.0 Å². The highest BCUT2D eigenvalue weighted by atomic mass is 19.4. The Balaban J connectivity index is 1.28. The average molecular weight is 459 g/mol. The standard InChI is InChI=1S/C24H24F3N3O3/c25-24(26,27)18-8-6-16(7-9-18)10-12-23-13-11-20(31)22(33-23)21(32-23)19-15-30(29-28-19)14-17-4-2-1-3-5-17/h1-9,15,20-22,31H,10-14H2/t20-,21-,22-,23-/m0/s1. The van der Waals surface area contributed by atoms with Gasteiger partial charge in [-0.2, -0.15) is 13.2 Å². The minimum Gasteiger partial charge on any atom is -0.390 e. The summed E-state index contributed by atoms with van der Waals surface area (Å²) in [5, 5.41) is 19.0. The second-order valence-electron chi connectivity index (χ2n) is 8.66. The van der Waals surface area contributed by atoms with Crippen LogP contribution in [-0.4, -0.2) is 38.1 Å². The molecular weight excluding hydrogens is 435 g/mol. The molecule has 3 heterocycles. The van der Waals surface area contributed by atoms with Gasteiger partial charge in [-0.1, -0.05) is 47.7 Å². The number of aliphatic hydroxyl groups is 1. The number of aryl methyl sites for hydroxylation is 1. The third-order valence-corrected chi connectivity index (χ3v) is 6.30. The molecule has 0 radical (unpaired) electrons. The van der Waals surface area contributed by atoms with Crippen LogP contribution in [0.15, 0.2) is 60.8 Å². The number of halogens is 3. The number of rotatable bonds is 6. The summed E-state index contributed by atoms with van der Waals surface area (Å²) >= 11 is 0. The van der Waals surface area contributed by atoms with Gasteiger partial charge in [0.1, 0.15) is 17.9 Å². The van der Waals surface area contributed by atoms with Gasteiger partial charge < -0.3 is 14.6 Å². The van der Waals surface area contributed by atoms with Gasteiger partial charge in [-0.3, -0.25) is 0 Å². The molecule has 174 valence electrons. The molecule has 0 aliphatic carbocycles. The molecule has 2 aromatic carbocycles. The molecule has 2 fully saturated rings. The molecular formula is C24H24F3N3O3. The normalized spacial score (nSPS) is 27.1. The van der Waals surface area contributed by atoms with Crippen molar-refractivity contribution in [2.45, 2.75) is 62.5 Å². The van der Waals surface area contributed by atoms with E-state index in [9.17, 15) is 18.3 Å². The minimum absolute atomic E-state index is 0.468. The van der Waals surface area contributed by atoms with Gasteiger partial charge in [0.25, 0.3) is 0 Å². The fraction of sp³-hybridized carbons (Fsp3) is 0.417. The molecule has 6 nitrogen and oxygen atoms in total. The third-order valence-electron chi connectivity index (χ3n) is 6.30. The second kappa shape index (κ2) is 8.55. The highest BCUT2D eigenvalue weighted by Gasteiger charge is 2.54. The number of nitrogens with zero attached hydrogens (tertiary/aromatic N) is 3. The summed E-state index contributed by atoms with van der Waals surface area (Å²) in [6.45, 7) is 0.563. The predicted molar refractivity (Wildman–Crippen MR) is 112 cm³/mol. The van der Waals surface area contributed by atoms with Crippen LogP contribution in [0.1, 0.15) is 47.8 Å². The Labute approximate surface area is 188 Å². The highest BCUT2D eigenvalue weighted by molar-refractivity contribution is 5.25. The maximum atomic E-state index is 12.8. The highest BCUT2D eigenvalue weighted by Crippen LogP contribution is 2.48. The van der Waals surface area contributed by atoms with E-state index in [0.717, 1.165) is 23.3 Å². The molecule has 2 bridgehead atoms. The van der Waals surface area contributed by atoms with E-state index in [1.807, 2.05) is 30.3 Å². The molecule has 4 atom stereocenters. The first-order valence-corrected chi connectivity index (χ1v) is 11.0. The van der Waals surface area contributed by atoms with E-state index in [2.05, 4.69) is 10.3 Å². The Hall–Kier alpha value is -2.75. The van der Waals surface area contributed by atoms with Gasteiger partial charge in [-0.15, -0.1) is 5.10 Å². The molecule has 1 aromatic heterocycles. The Bertz CT molecular complexity index is 1090. The second-order valence-corrected chi connectivity index (χ2v) is 8.66. The molecule has 0 spiro atoms. The van der Waals surface area contributed by atoms with E-state index in [1.54, 1.807) is 10.9 Å². The van der Waals surface area contributed by atoms with E-state index in [0.29, 0.717) is 37.9 Å². The van der Waals surface area contributed by atoms with Crippen molar-refractivity contribution in [3.05, 3.63) is 83.2 Å². The van der Waals surface area contributed by atoms with Gasteiger partial charge in [0.05, 0.1) is 24.4 Å². The maximum absolute atomic E-state index is 12.8. The lowest BCUT2D eigenvalue weighted by molar-refractivity contribution is -0.214. The van der Waals surface area contributed by atoms with Crippen LogP contribution in [0.5, 0.6) is 0 Å². The van der Waals surface area contributed by atoms with E-state index >= 15 is 0 Å². The molecule has 1 N–H and O–H groups in total. The van der Waals surface area contributed by atoms with E-state index in [4.69, 9.17) is 9.47 Å². The summed E-state index contributed by atoms with van der Waals surface area (Å²) in [7, 11) is 0. The Morgan fingerprint density at radius 3 is 2.52 bits per heavy atom. The van der Waals surface area contributed by atoms with Gasteiger partial charge in [-0.25, -0.2) is 4.68 Å². The summed E-state index contributed by atoms with van der Waals surface area (Å²) in [5.41, 5.74) is 1.78. The zero-order valence-electron chi connectivity index (χ0n) is 17.8.